The molecule has 0 saturated heterocycles. The van der Waals surface area contributed by atoms with Crippen LogP contribution >= 0.6 is 0 Å². The number of guanidine groups is 1. The number of carboxylic acid groups (broad SMARTS) is 1. The number of hydrogen-bond acceptors (Lipinski definition) is 14. The molecule has 0 aromatic carbocycles. The van der Waals surface area contributed by atoms with E-state index in [1.54, 1.807) is 27.7 Å². The fourth-order valence-electron chi connectivity index (χ4n) is 6.59. The molecule has 0 spiro atoms. The summed E-state index contributed by atoms with van der Waals surface area (Å²) < 4.78 is 0. The number of primary amides is 1. The van der Waals surface area contributed by atoms with Crippen molar-refractivity contribution in [3.8, 4) is 0 Å². The Morgan fingerprint density at radius 3 is 1.76 bits per heavy atom. The molecule has 21 heteroatoms. The molecule has 0 bridgehead atoms. The zero-order valence-corrected chi connectivity index (χ0v) is 37.1. The molecule has 1 unspecified atom stereocenters. The number of amides is 4. The number of nitrogens with zero attached hydrogens (tertiary/aromatic N) is 1. The van der Waals surface area contributed by atoms with E-state index in [4.69, 9.17) is 28.0 Å². The van der Waals surface area contributed by atoms with Crippen molar-refractivity contribution in [2.24, 2.45) is 63.4 Å². The predicted molar refractivity (Wildman–Crippen MR) is 227 cm³/mol. The van der Waals surface area contributed by atoms with E-state index >= 15 is 0 Å². The number of hydrogen-bond donors (Lipinski definition) is 11. The first-order chi connectivity index (χ1) is 28.8. The highest BCUT2D eigenvalue weighted by Crippen LogP contribution is 2.24. The van der Waals surface area contributed by atoms with Gasteiger partial charge >= 0.3 is 5.97 Å². The molecule has 0 aliphatic heterocycles. The van der Waals surface area contributed by atoms with E-state index in [0.717, 1.165) is 0 Å². The lowest BCUT2D eigenvalue weighted by Gasteiger charge is -2.28. The van der Waals surface area contributed by atoms with Gasteiger partial charge in [-0.25, -0.2) is 0 Å². The third kappa shape index (κ3) is 21.3. The summed E-state index contributed by atoms with van der Waals surface area (Å²) in [5.41, 5.74) is 22.1. The molecule has 21 nitrogen and oxygen atoms in total. The quantitative estimate of drug-likeness (QED) is 0.0200. The number of carboxylic acids is 1. The predicted octanol–water partition coefficient (Wildman–Crippen LogP) is -1.66. The highest BCUT2D eigenvalue weighted by atomic mass is 16.4. The van der Waals surface area contributed by atoms with Crippen LogP contribution < -0.4 is 38.9 Å². The summed E-state index contributed by atoms with van der Waals surface area (Å²) in [7, 11) is 0. The van der Waals surface area contributed by atoms with Crippen molar-refractivity contribution < 1.29 is 63.6 Å². The van der Waals surface area contributed by atoms with Crippen LogP contribution in [0.3, 0.4) is 0 Å². The molecule has 62 heavy (non-hydrogen) atoms. The van der Waals surface area contributed by atoms with E-state index in [1.165, 1.54) is 6.92 Å². The van der Waals surface area contributed by atoms with Crippen molar-refractivity contribution in [1.82, 2.24) is 16.0 Å². The molecule has 10 atom stereocenters. The van der Waals surface area contributed by atoms with Gasteiger partial charge in [-0.2, -0.15) is 0 Å². The number of nitrogens with two attached hydrogens (primary N) is 4. The van der Waals surface area contributed by atoms with Crippen LogP contribution in [-0.2, 0) is 43.2 Å². The SMILES string of the molecule is CC[C@H](C)C(CC(=O)[C@@H](CCCN=C(N)N)NC(=O)[C@@H](CC(=O)[C@@H](N)[C@H](O)C(C)C)CC(C)C)C(=O)N[C@H](C(=O)CCC(=O)N[C@@H](CC(N)=O)C(=O)C[C@@H](CO)C(=O)O)[C@H](C)O. The third-order valence-electron chi connectivity index (χ3n) is 10.6. The Balaban J connectivity index is 6.26. The summed E-state index contributed by atoms with van der Waals surface area (Å²) in [5, 5.41) is 46.9. The van der Waals surface area contributed by atoms with Gasteiger partial charge in [0.2, 0.25) is 23.6 Å². The molecule has 0 heterocycles. The lowest BCUT2D eigenvalue weighted by Crippen LogP contribution is -2.52. The smallest absolute Gasteiger partial charge is 0.309 e. The Bertz CT molecular complexity index is 1570. The minimum Gasteiger partial charge on any atom is -0.481 e. The van der Waals surface area contributed by atoms with Crippen LogP contribution in [0.15, 0.2) is 4.99 Å². The molecule has 0 fully saturated rings. The Kier molecular flexibility index (Phi) is 26.4. The van der Waals surface area contributed by atoms with Crippen LogP contribution in [0.5, 0.6) is 0 Å². The molecular weight excluding hydrogens is 812 g/mol. The minimum absolute atomic E-state index is 0.0443. The van der Waals surface area contributed by atoms with Crippen LogP contribution in [0, 0.1) is 35.5 Å². The Morgan fingerprint density at radius 2 is 1.27 bits per heavy atom. The Labute approximate surface area is 363 Å². The van der Waals surface area contributed by atoms with Crippen molar-refractivity contribution in [2.75, 3.05) is 13.2 Å². The standard InChI is InChI=1S/C41H72N8O13/c1-8-22(6)26(39(60)49-36(23(7)51)29(52)11-12-34(57)47-28(18-33(42)56)30(53)16-25(19-50)40(61)62)17-31(54)27(10-9-13-46-41(44)45)48-38(59)24(14-20(2)3)15-32(55)35(43)37(58)21(4)5/h20-28,35-37,50-51,58H,8-19,43H2,1-7H3,(H2,42,56)(H,47,57)(H,48,59)(H,49,60)(H,61,62)(H4,44,45,46)/t22-,23-,24+,25-,26?,27+,28-,35+,36-,37+/m0/s1. The first-order valence-corrected chi connectivity index (χ1v) is 21.1. The van der Waals surface area contributed by atoms with E-state index in [9.17, 15) is 58.5 Å². The fourth-order valence-corrected chi connectivity index (χ4v) is 6.59. The lowest BCUT2D eigenvalue weighted by molar-refractivity contribution is -0.145. The van der Waals surface area contributed by atoms with Gasteiger partial charge in [0.25, 0.3) is 0 Å². The number of rotatable bonds is 33. The van der Waals surface area contributed by atoms with Crippen molar-refractivity contribution in [3.05, 3.63) is 0 Å². The number of carbonyl (C=O) groups excluding carboxylic acids is 8. The number of aliphatic hydroxyl groups excluding tert-OH is 3. The van der Waals surface area contributed by atoms with Gasteiger partial charge in [-0.1, -0.05) is 48.0 Å². The molecule has 15 N–H and O–H groups in total. The number of Topliss-reactive ketones (excluding diaryl/α,β-unsaturated/α-hetero) is 4. The van der Waals surface area contributed by atoms with Gasteiger partial charge in [0.1, 0.15) is 6.04 Å². The number of aliphatic carboxylic acids is 1. The molecule has 354 valence electrons. The van der Waals surface area contributed by atoms with E-state index < -0.39 is 151 Å². The topological polar surface area (TPSA) is 387 Å². The summed E-state index contributed by atoms with van der Waals surface area (Å²) >= 11 is 0. The second kappa shape index (κ2) is 28.7. The molecule has 0 aromatic heterocycles. The monoisotopic (exact) mass is 885 g/mol. The van der Waals surface area contributed by atoms with Crippen molar-refractivity contribution >= 4 is 58.7 Å². The highest BCUT2D eigenvalue weighted by molar-refractivity contribution is 5.98. The van der Waals surface area contributed by atoms with Gasteiger partial charge in [-0.05, 0) is 43.9 Å². The Morgan fingerprint density at radius 1 is 0.694 bits per heavy atom. The van der Waals surface area contributed by atoms with Crippen molar-refractivity contribution in [3.63, 3.8) is 0 Å². The van der Waals surface area contributed by atoms with Gasteiger partial charge in [0.05, 0.1) is 49.3 Å². The number of ketones is 4. The van der Waals surface area contributed by atoms with E-state index in [1.807, 2.05) is 13.8 Å². The summed E-state index contributed by atoms with van der Waals surface area (Å²) in [6, 6.07) is -5.48. The van der Waals surface area contributed by atoms with Crippen LogP contribution in [0.25, 0.3) is 0 Å². The first-order valence-electron chi connectivity index (χ1n) is 21.1. The second-order valence-corrected chi connectivity index (χ2v) is 16.8. The van der Waals surface area contributed by atoms with Crippen molar-refractivity contribution in [2.45, 2.75) is 149 Å². The van der Waals surface area contributed by atoms with Gasteiger partial charge in [-0.3, -0.25) is 48.1 Å². The summed E-state index contributed by atoms with van der Waals surface area (Å²) in [5.74, 6) is -12.0. The summed E-state index contributed by atoms with van der Waals surface area (Å²) in [4.78, 5) is 120. The van der Waals surface area contributed by atoms with Gasteiger partial charge in [-0.15, -0.1) is 0 Å². The highest BCUT2D eigenvalue weighted by Gasteiger charge is 2.36. The van der Waals surface area contributed by atoms with E-state index in [2.05, 4.69) is 20.9 Å². The normalized spacial score (nSPS) is 16.3. The molecule has 4 amide bonds. The zero-order chi connectivity index (χ0) is 48.0. The molecule has 0 aliphatic rings. The molecule has 0 aromatic rings. The van der Waals surface area contributed by atoms with E-state index in [0.29, 0.717) is 6.42 Å². The number of carbonyl (C=O) groups is 9. The molecular formula is C41H72N8O13. The first kappa shape index (κ1) is 57.1. The maximum Gasteiger partial charge on any atom is 0.309 e. The number of aliphatic imine (C=N–C) groups is 1. The zero-order valence-electron chi connectivity index (χ0n) is 37.1. The van der Waals surface area contributed by atoms with Gasteiger partial charge in [0.15, 0.2) is 29.1 Å². The Hall–Kier alpha value is -4.86. The maximum atomic E-state index is 14.1. The average Bonchev–Trinajstić information content (AvgIpc) is 3.18. The fraction of sp³-hybridized carbons (Fsp3) is 0.756. The van der Waals surface area contributed by atoms with E-state index in [-0.39, 0.29) is 50.0 Å². The second-order valence-electron chi connectivity index (χ2n) is 16.8. The van der Waals surface area contributed by atoms with Gasteiger partial charge in [0, 0.05) is 50.5 Å². The number of nitrogens with one attached hydrogen (secondary N) is 3. The van der Waals surface area contributed by atoms with Crippen LogP contribution in [-0.4, -0.2) is 129 Å². The summed E-state index contributed by atoms with van der Waals surface area (Å²) in [6.07, 6.45) is -4.91. The molecule has 0 rings (SSSR count). The van der Waals surface area contributed by atoms with Gasteiger partial charge < -0.3 is 59.3 Å². The molecule has 0 saturated carbocycles. The van der Waals surface area contributed by atoms with Crippen LogP contribution in [0.2, 0.25) is 0 Å². The minimum atomic E-state index is -1.55. The van der Waals surface area contributed by atoms with Crippen LogP contribution in [0.1, 0.15) is 113 Å². The lowest BCUT2D eigenvalue weighted by atomic mass is 9.84. The number of aliphatic hydroxyl groups is 3. The third-order valence-corrected chi connectivity index (χ3v) is 10.6. The van der Waals surface area contributed by atoms with Crippen molar-refractivity contribution in [1.29, 1.82) is 0 Å². The largest absolute Gasteiger partial charge is 0.481 e. The van der Waals surface area contributed by atoms with Crippen LogP contribution in [0.4, 0.5) is 0 Å². The maximum absolute atomic E-state index is 14.1. The average molecular weight is 885 g/mol. The summed E-state index contributed by atoms with van der Waals surface area (Å²) in [6.45, 7) is 11.0. The molecule has 0 aliphatic carbocycles. The molecule has 0 radical (unpaired) electrons.